The zero-order chi connectivity index (χ0) is 19.9. The van der Waals surface area contributed by atoms with Crippen molar-refractivity contribution in [2.75, 3.05) is 45.2 Å². The molecule has 7 heteroatoms. The fraction of sp³-hybridized carbons (Fsp3) is 0.333. The van der Waals surface area contributed by atoms with Gasteiger partial charge >= 0.3 is 0 Å². The van der Waals surface area contributed by atoms with Gasteiger partial charge in [0.2, 0.25) is 0 Å². The summed E-state index contributed by atoms with van der Waals surface area (Å²) >= 11 is 3.36. The lowest BCUT2D eigenvalue weighted by molar-refractivity contribution is -0.118. The summed E-state index contributed by atoms with van der Waals surface area (Å²) < 4.78 is 6.62. The molecule has 0 saturated carbocycles. The van der Waals surface area contributed by atoms with Crippen LogP contribution in [0.25, 0.3) is 0 Å². The monoisotopic (exact) mass is 445 g/mol. The third kappa shape index (κ3) is 5.56. The van der Waals surface area contributed by atoms with Gasteiger partial charge in [-0.3, -0.25) is 9.59 Å². The van der Waals surface area contributed by atoms with Crippen LogP contribution in [-0.4, -0.2) is 61.4 Å². The van der Waals surface area contributed by atoms with Gasteiger partial charge in [0.15, 0.2) is 6.61 Å². The van der Waals surface area contributed by atoms with E-state index in [1.165, 1.54) is 0 Å². The van der Waals surface area contributed by atoms with Gasteiger partial charge in [-0.1, -0.05) is 28.1 Å². The average molecular weight is 446 g/mol. The lowest BCUT2D eigenvalue weighted by atomic mass is 10.1. The van der Waals surface area contributed by atoms with Crippen LogP contribution in [0, 0.1) is 0 Å². The Morgan fingerprint density at radius 2 is 1.79 bits per heavy atom. The largest absolute Gasteiger partial charge is 0.483 e. The van der Waals surface area contributed by atoms with E-state index in [1.807, 2.05) is 23.1 Å². The summed E-state index contributed by atoms with van der Waals surface area (Å²) in [5, 5.41) is 2.78. The van der Waals surface area contributed by atoms with Crippen LogP contribution in [0.5, 0.6) is 5.75 Å². The number of hydrogen-bond donors (Lipinski definition) is 1. The lowest BCUT2D eigenvalue weighted by Crippen LogP contribution is -2.34. The van der Waals surface area contributed by atoms with Crippen molar-refractivity contribution >= 4 is 33.4 Å². The molecular weight excluding hydrogens is 422 g/mol. The Balaban J connectivity index is 1.62. The van der Waals surface area contributed by atoms with E-state index in [4.69, 9.17) is 4.74 Å². The highest BCUT2D eigenvalue weighted by molar-refractivity contribution is 9.10. The number of halogens is 1. The fourth-order valence-electron chi connectivity index (χ4n) is 3.06. The molecule has 6 nitrogen and oxygen atoms in total. The molecule has 0 bridgehead atoms. The number of amides is 2. The summed E-state index contributed by atoms with van der Waals surface area (Å²) in [5.41, 5.74) is 1.18. The molecule has 1 heterocycles. The summed E-state index contributed by atoms with van der Waals surface area (Å²) in [6.07, 6.45) is 0.945. The SMILES string of the molecule is CN1CCCN(C(=O)c2ccccc2OCC(=O)Nc2ccc(Br)cc2)CC1. The van der Waals surface area contributed by atoms with E-state index in [2.05, 4.69) is 33.2 Å². The van der Waals surface area contributed by atoms with Crippen LogP contribution in [0.4, 0.5) is 5.69 Å². The van der Waals surface area contributed by atoms with Crippen LogP contribution < -0.4 is 10.1 Å². The van der Waals surface area contributed by atoms with Crippen LogP contribution in [0.3, 0.4) is 0 Å². The molecule has 148 valence electrons. The van der Waals surface area contributed by atoms with Gasteiger partial charge in [0.25, 0.3) is 11.8 Å². The number of carbonyl (C=O) groups excluding carboxylic acids is 2. The first-order valence-electron chi connectivity index (χ1n) is 9.28. The molecule has 0 atom stereocenters. The third-order valence-electron chi connectivity index (χ3n) is 4.61. The van der Waals surface area contributed by atoms with E-state index >= 15 is 0 Å². The summed E-state index contributed by atoms with van der Waals surface area (Å²) in [7, 11) is 2.06. The minimum absolute atomic E-state index is 0.0563. The van der Waals surface area contributed by atoms with Crippen molar-refractivity contribution in [1.29, 1.82) is 0 Å². The van der Waals surface area contributed by atoms with E-state index < -0.39 is 0 Å². The molecule has 1 aliphatic heterocycles. The molecule has 0 radical (unpaired) electrons. The summed E-state index contributed by atoms with van der Waals surface area (Å²) in [4.78, 5) is 29.2. The second kappa shape index (κ2) is 9.71. The minimum atomic E-state index is -0.277. The minimum Gasteiger partial charge on any atom is -0.483 e. The molecular formula is C21H24BrN3O3. The lowest BCUT2D eigenvalue weighted by Gasteiger charge is -2.22. The first kappa shape index (κ1) is 20.4. The van der Waals surface area contributed by atoms with Crippen LogP contribution in [-0.2, 0) is 4.79 Å². The smallest absolute Gasteiger partial charge is 0.262 e. The van der Waals surface area contributed by atoms with Crippen molar-refractivity contribution < 1.29 is 14.3 Å². The summed E-state index contributed by atoms with van der Waals surface area (Å²) in [5.74, 6) is 0.0937. The number of nitrogens with one attached hydrogen (secondary N) is 1. The molecule has 0 aliphatic carbocycles. The Morgan fingerprint density at radius 3 is 2.57 bits per heavy atom. The fourth-order valence-corrected chi connectivity index (χ4v) is 3.33. The van der Waals surface area contributed by atoms with Gasteiger partial charge in [0.1, 0.15) is 5.75 Å². The molecule has 0 aromatic heterocycles. The number of rotatable bonds is 5. The number of benzene rings is 2. The molecule has 28 heavy (non-hydrogen) atoms. The van der Waals surface area contributed by atoms with Gasteiger partial charge in [0.05, 0.1) is 5.56 Å². The molecule has 0 spiro atoms. The zero-order valence-corrected chi connectivity index (χ0v) is 17.4. The Bertz CT molecular complexity index is 826. The third-order valence-corrected chi connectivity index (χ3v) is 5.14. The highest BCUT2D eigenvalue weighted by Gasteiger charge is 2.22. The van der Waals surface area contributed by atoms with Gasteiger partial charge in [-0.15, -0.1) is 0 Å². The molecule has 1 N–H and O–H groups in total. The maximum Gasteiger partial charge on any atom is 0.262 e. The van der Waals surface area contributed by atoms with E-state index in [0.29, 0.717) is 23.5 Å². The molecule has 0 unspecified atom stereocenters. The van der Waals surface area contributed by atoms with Crippen molar-refractivity contribution in [3.05, 3.63) is 58.6 Å². The van der Waals surface area contributed by atoms with E-state index in [1.54, 1.807) is 30.3 Å². The van der Waals surface area contributed by atoms with Crippen molar-refractivity contribution in [3.8, 4) is 5.75 Å². The van der Waals surface area contributed by atoms with Crippen LogP contribution in [0.15, 0.2) is 53.0 Å². The van der Waals surface area contributed by atoms with E-state index in [-0.39, 0.29) is 18.4 Å². The molecule has 1 fully saturated rings. The second-order valence-electron chi connectivity index (χ2n) is 6.79. The average Bonchev–Trinajstić information content (AvgIpc) is 2.92. The normalized spacial score (nSPS) is 15.0. The van der Waals surface area contributed by atoms with Gasteiger partial charge in [-0.2, -0.15) is 0 Å². The van der Waals surface area contributed by atoms with Crippen LogP contribution in [0.1, 0.15) is 16.8 Å². The van der Waals surface area contributed by atoms with E-state index in [0.717, 1.165) is 30.5 Å². The number of nitrogens with zero attached hydrogens (tertiary/aromatic N) is 2. The maximum absolute atomic E-state index is 13.0. The number of carbonyl (C=O) groups is 2. The van der Waals surface area contributed by atoms with Crippen LogP contribution >= 0.6 is 15.9 Å². The Hall–Kier alpha value is -2.38. The molecule has 1 saturated heterocycles. The second-order valence-corrected chi connectivity index (χ2v) is 7.70. The number of likely N-dealkylation sites (N-methyl/N-ethyl adjacent to an activating group) is 1. The van der Waals surface area contributed by atoms with Gasteiger partial charge in [0, 0.05) is 29.8 Å². The standard InChI is InChI=1S/C21H24BrN3O3/c1-24-11-4-12-25(14-13-24)21(27)18-5-2-3-6-19(18)28-15-20(26)23-17-9-7-16(22)8-10-17/h2-3,5-10H,4,11-15H2,1H3,(H,23,26). The molecule has 2 aromatic carbocycles. The van der Waals surface area contributed by atoms with Gasteiger partial charge < -0.3 is 19.9 Å². The summed E-state index contributed by atoms with van der Waals surface area (Å²) in [6, 6.07) is 14.4. The Kier molecular flexibility index (Phi) is 7.06. The molecule has 3 rings (SSSR count). The quantitative estimate of drug-likeness (QED) is 0.766. The number of anilines is 1. The molecule has 2 amide bonds. The highest BCUT2D eigenvalue weighted by atomic mass is 79.9. The Labute approximate surface area is 173 Å². The predicted octanol–water partition coefficient (Wildman–Crippen LogP) is 3.24. The topological polar surface area (TPSA) is 61.9 Å². The number of hydrogen-bond acceptors (Lipinski definition) is 4. The predicted molar refractivity (Wildman–Crippen MR) is 113 cm³/mol. The van der Waals surface area contributed by atoms with Gasteiger partial charge in [-0.05, 0) is 56.4 Å². The zero-order valence-electron chi connectivity index (χ0n) is 15.9. The molecule has 1 aliphatic rings. The summed E-state index contributed by atoms with van der Waals surface area (Å²) in [6.45, 7) is 3.08. The highest BCUT2D eigenvalue weighted by Crippen LogP contribution is 2.21. The molecule has 2 aromatic rings. The van der Waals surface area contributed by atoms with Crippen molar-refractivity contribution in [2.24, 2.45) is 0 Å². The number of ether oxygens (including phenoxy) is 1. The van der Waals surface area contributed by atoms with Crippen molar-refractivity contribution in [2.45, 2.75) is 6.42 Å². The van der Waals surface area contributed by atoms with Gasteiger partial charge in [-0.25, -0.2) is 0 Å². The Morgan fingerprint density at radius 1 is 1.04 bits per heavy atom. The van der Waals surface area contributed by atoms with Crippen molar-refractivity contribution in [3.63, 3.8) is 0 Å². The van der Waals surface area contributed by atoms with E-state index in [9.17, 15) is 9.59 Å². The maximum atomic E-state index is 13.0. The van der Waals surface area contributed by atoms with Crippen molar-refractivity contribution in [1.82, 2.24) is 9.80 Å². The first-order chi connectivity index (χ1) is 13.5. The van der Waals surface area contributed by atoms with Crippen LogP contribution in [0.2, 0.25) is 0 Å². The number of para-hydroxylation sites is 1. The first-order valence-corrected chi connectivity index (χ1v) is 10.1.